The SMILES string of the molecule is CN1CCc2c(sc(NC(=O)C3CCN(S(=O)(=O)c4cccs4)CC3)c2C(N)=O)C1.Cl. The highest BCUT2D eigenvalue weighted by Gasteiger charge is 2.34. The van der Waals surface area contributed by atoms with E-state index in [2.05, 4.69) is 10.2 Å². The smallest absolute Gasteiger partial charge is 0.252 e. The molecule has 0 aliphatic carbocycles. The quantitative estimate of drug-likeness (QED) is 0.649. The first-order valence-electron chi connectivity index (χ1n) is 9.74. The minimum atomic E-state index is -3.50. The molecule has 2 aliphatic rings. The normalized spacial score (nSPS) is 18.2. The van der Waals surface area contributed by atoms with Crippen molar-refractivity contribution in [2.75, 3.05) is 32.0 Å². The summed E-state index contributed by atoms with van der Waals surface area (Å²) in [6.07, 6.45) is 1.61. The van der Waals surface area contributed by atoms with Crippen LogP contribution in [0.1, 0.15) is 33.6 Å². The van der Waals surface area contributed by atoms with Gasteiger partial charge < -0.3 is 16.0 Å². The third kappa shape index (κ3) is 4.81. The van der Waals surface area contributed by atoms with Crippen LogP contribution in [0.4, 0.5) is 5.00 Å². The number of amides is 2. The minimum absolute atomic E-state index is 0. The lowest BCUT2D eigenvalue weighted by molar-refractivity contribution is -0.120. The van der Waals surface area contributed by atoms with E-state index >= 15 is 0 Å². The van der Waals surface area contributed by atoms with Crippen molar-refractivity contribution >= 4 is 61.9 Å². The average molecular weight is 505 g/mol. The minimum Gasteiger partial charge on any atom is -0.365 e. The molecule has 8 nitrogen and oxygen atoms in total. The second kappa shape index (κ2) is 9.55. The van der Waals surface area contributed by atoms with Gasteiger partial charge in [-0.15, -0.1) is 35.1 Å². The van der Waals surface area contributed by atoms with Crippen LogP contribution in [0.2, 0.25) is 0 Å². The molecule has 0 saturated carbocycles. The van der Waals surface area contributed by atoms with E-state index in [-0.39, 0.29) is 24.2 Å². The molecular weight excluding hydrogens is 480 g/mol. The number of likely N-dealkylation sites (N-methyl/N-ethyl adjacent to an activating group) is 1. The van der Waals surface area contributed by atoms with Gasteiger partial charge in [-0.3, -0.25) is 9.59 Å². The Morgan fingerprint density at radius 1 is 1.23 bits per heavy atom. The number of nitrogens with zero attached hydrogens (tertiary/aromatic N) is 2. The van der Waals surface area contributed by atoms with E-state index in [9.17, 15) is 18.0 Å². The first-order valence-corrected chi connectivity index (χ1v) is 12.9. The summed E-state index contributed by atoms with van der Waals surface area (Å²) in [4.78, 5) is 28.1. The number of nitrogens with one attached hydrogen (secondary N) is 1. The Bertz CT molecular complexity index is 1060. The largest absolute Gasteiger partial charge is 0.365 e. The first-order chi connectivity index (χ1) is 14.3. The number of carbonyl (C=O) groups is 2. The van der Waals surface area contributed by atoms with Crippen molar-refractivity contribution < 1.29 is 18.0 Å². The Labute approximate surface area is 195 Å². The predicted molar refractivity (Wildman–Crippen MR) is 125 cm³/mol. The molecule has 2 aliphatic heterocycles. The summed E-state index contributed by atoms with van der Waals surface area (Å²) in [5.74, 6) is -1.01. The molecule has 0 unspecified atom stereocenters. The molecule has 0 bridgehead atoms. The topological polar surface area (TPSA) is 113 Å². The van der Waals surface area contributed by atoms with Gasteiger partial charge in [0.2, 0.25) is 5.91 Å². The molecule has 2 aromatic rings. The van der Waals surface area contributed by atoms with E-state index in [1.54, 1.807) is 17.5 Å². The lowest BCUT2D eigenvalue weighted by atomic mass is 9.97. The van der Waals surface area contributed by atoms with E-state index in [1.165, 1.54) is 27.0 Å². The highest BCUT2D eigenvalue weighted by Crippen LogP contribution is 2.37. The molecule has 4 heterocycles. The lowest BCUT2D eigenvalue weighted by Gasteiger charge is -2.30. The number of anilines is 1. The summed E-state index contributed by atoms with van der Waals surface area (Å²) in [6, 6.07) is 3.31. The molecule has 1 saturated heterocycles. The Kier molecular flexibility index (Phi) is 7.44. The number of piperidine rings is 1. The van der Waals surface area contributed by atoms with Crippen molar-refractivity contribution in [3.8, 4) is 0 Å². The van der Waals surface area contributed by atoms with Crippen LogP contribution in [0.3, 0.4) is 0 Å². The second-order valence-corrected chi connectivity index (χ2v) is 11.9. The van der Waals surface area contributed by atoms with Crippen molar-refractivity contribution in [2.24, 2.45) is 11.7 Å². The maximum absolute atomic E-state index is 12.9. The summed E-state index contributed by atoms with van der Waals surface area (Å²) >= 11 is 2.61. The number of hydrogen-bond donors (Lipinski definition) is 2. The number of fused-ring (bicyclic) bond motifs is 1. The molecule has 0 radical (unpaired) electrons. The molecule has 2 aromatic heterocycles. The highest BCUT2D eigenvalue weighted by atomic mass is 35.5. The van der Waals surface area contributed by atoms with Gasteiger partial charge in [0.1, 0.15) is 9.21 Å². The molecule has 3 N–H and O–H groups in total. The molecule has 1 fully saturated rings. The van der Waals surface area contributed by atoms with Crippen LogP contribution in [0, 0.1) is 5.92 Å². The van der Waals surface area contributed by atoms with Crippen LogP contribution in [0.15, 0.2) is 21.7 Å². The van der Waals surface area contributed by atoms with Gasteiger partial charge in [0.05, 0.1) is 5.56 Å². The standard InChI is InChI=1S/C19H24N4O4S3.ClH/c1-22-7-6-13-14(11-22)29-19(16(13)17(20)24)21-18(25)12-4-8-23(9-5-12)30(26,27)15-3-2-10-28-15;/h2-3,10,12H,4-9,11H2,1H3,(H2,20,24)(H,21,25);1H. The summed E-state index contributed by atoms with van der Waals surface area (Å²) in [6.45, 7) is 2.17. The van der Waals surface area contributed by atoms with E-state index in [4.69, 9.17) is 5.73 Å². The van der Waals surface area contributed by atoms with E-state index in [0.29, 0.717) is 40.7 Å². The van der Waals surface area contributed by atoms with Gasteiger partial charge in [-0.2, -0.15) is 4.31 Å². The van der Waals surface area contributed by atoms with Crippen LogP contribution < -0.4 is 11.1 Å². The fourth-order valence-corrected chi connectivity index (χ4v) is 7.94. The van der Waals surface area contributed by atoms with Crippen molar-refractivity contribution in [3.63, 3.8) is 0 Å². The lowest BCUT2D eigenvalue weighted by Crippen LogP contribution is -2.41. The first kappa shape index (κ1) is 24.1. The number of sulfonamides is 1. The van der Waals surface area contributed by atoms with E-state index in [1.807, 2.05) is 7.05 Å². The summed E-state index contributed by atoms with van der Waals surface area (Å²) in [7, 11) is -1.48. The number of carbonyl (C=O) groups excluding carboxylic acids is 2. The highest BCUT2D eigenvalue weighted by molar-refractivity contribution is 7.91. The number of halogens is 1. The molecular formula is C19H25ClN4O4S3. The maximum Gasteiger partial charge on any atom is 0.252 e. The Morgan fingerprint density at radius 3 is 2.55 bits per heavy atom. The van der Waals surface area contributed by atoms with Crippen LogP contribution >= 0.6 is 35.1 Å². The van der Waals surface area contributed by atoms with Crippen LogP contribution in [0.5, 0.6) is 0 Å². The molecule has 0 spiro atoms. The van der Waals surface area contributed by atoms with E-state index < -0.39 is 15.9 Å². The van der Waals surface area contributed by atoms with Gasteiger partial charge in [0, 0.05) is 37.0 Å². The number of thiophene rings is 2. The van der Waals surface area contributed by atoms with Gasteiger partial charge in [0.15, 0.2) is 0 Å². The maximum atomic E-state index is 12.9. The zero-order chi connectivity index (χ0) is 21.5. The third-order valence-electron chi connectivity index (χ3n) is 5.64. The van der Waals surface area contributed by atoms with Crippen molar-refractivity contribution in [2.45, 2.75) is 30.0 Å². The fourth-order valence-electron chi connectivity index (χ4n) is 3.99. The Hall–Kier alpha value is -1.50. The van der Waals surface area contributed by atoms with Crippen molar-refractivity contribution in [1.29, 1.82) is 0 Å². The number of rotatable bonds is 5. The number of nitrogens with two attached hydrogens (primary N) is 1. The van der Waals surface area contributed by atoms with E-state index in [0.717, 1.165) is 30.0 Å². The van der Waals surface area contributed by atoms with Gasteiger partial charge in [-0.1, -0.05) is 6.07 Å². The van der Waals surface area contributed by atoms with Crippen LogP contribution in [-0.4, -0.2) is 56.1 Å². The average Bonchev–Trinajstić information content (AvgIpc) is 3.36. The zero-order valence-electron chi connectivity index (χ0n) is 17.0. The summed E-state index contributed by atoms with van der Waals surface area (Å²) in [5, 5.41) is 5.16. The van der Waals surface area contributed by atoms with Gasteiger partial charge in [-0.05, 0) is 43.3 Å². The second-order valence-electron chi connectivity index (χ2n) is 7.66. The van der Waals surface area contributed by atoms with Gasteiger partial charge in [0.25, 0.3) is 15.9 Å². The molecule has 0 aromatic carbocycles. The Balaban J connectivity index is 0.00000272. The predicted octanol–water partition coefficient (Wildman–Crippen LogP) is 2.36. The molecule has 12 heteroatoms. The molecule has 2 amide bonds. The van der Waals surface area contributed by atoms with Crippen molar-refractivity contribution in [3.05, 3.63) is 33.5 Å². The number of hydrogen-bond acceptors (Lipinski definition) is 7. The molecule has 31 heavy (non-hydrogen) atoms. The molecule has 4 rings (SSSR count). The van der Waals surface area contributed by atoms with Crippen LogP contribution in [-0.2, 0) is 27.8 Å². The molecule has 170 valence electrons. The Morgan fingerprint density at radius 2 is 1.94 bits per heavy atom. The number of primary amides is 1. The fraction of sp³-hybridized carbons (Fsp3) is 0.474. The zero-order valence-corrected chi connectivity index (χ0v) is 20.3. The molecule has 0 atom stereocenters. The summed E-state index contributed by atoms with van der Waals surface area (Å²) < 4.78 is 27.1. The summed E-state index contributed by atoms with van der Waals surface area (Å²) in [5.41, 5.74) is 6.98. The van der Waals surface area contributed by atoms with Crippen LogP contribution in [0.25, 0.3) is 0 Å². The van der Waals surface area contributed by atoms with Gasteiger partial charge in [-0.25, -0.2) is 8.42 Å². The van der Waals surface area contributed by atoms with Crippen molar-refractivity contribution in [1.82, 2.24) is 9.21 Å². The monoisotopic (exact) mass is 504 g/mol. The third-order valence-corrected chi connectivity index (χ3v) is 10.0. The van der Waals surface area contributed by atoms with Gasteiger partial charge >= 0.3 is 0 Å².